The summed E-state index contributed by atoms with van der Waals surface area (Å²) in [6.45, 7) is 5.68. The summed E-state index contributed by atoms with van der Waals surface area (Å²) in [4.78, 5) is 33.7. The molecule has 2 saturated heterocycles. The van der Waals surface area contributed by atoms with Crippen LogP contribution in [0, 0.1) is 0 Å². The third-order valence-electron chi connectivity index (χ3n) is 4.07. The maximum absolute atomic E-state index is 12.2. The molecule has 0 radical (unpaired) electrons. The number of carbonyl (C=O) groups is 2. The van der Waals surface area contributed by atoms with Gasteiger partial charge in [-0.05, 0) is 7.05 Å². The first-order valence-electron chi connectivity index (χ1n) is 6.88. The second-order valence-electron chi connectivity index (χ2n) is 5.48. The molecule has 114 valence electrons. The van der Waals surface area contributed by atoms with Crippen LogP contribution < -0.4 is 0 Å². The monoisotopic (exact) mass is 404 g/mol. The maximum atomic E-state index is 12.2. The zero-order chi connectivity index (χ0) is 15.0. The van der Waals surface area contributed by atoms with Crippen molar-refractivity contribution in [3.05, 3.63) is 11.6 Å². The number of aromatic nitrogens is 3. The minimum Gasteiger partial charge on any atom is -0.333 e. The second-order valence-corrected chi connectivity index (χ2v) is 6.46. The van der Waals surface area contributed by atoms with Gasteiger partial charge in [0.2, 0.25) is 11.6 Å². The smallest absolute Gasteiger partial charge is 0.293 e. The molecule has 0 spiro atoms. The molecule has 2 aliphatic rings. The Hall–Kier alpha value is -1.07. The van der Waals surface area contributed by atoms with E-state index in [0.717, 1.165) is 26.2 Å². The highest BCUT2D eigenvalue weighted by Crippen LogP contribution is 2.18. The van der Waals surface area contributed by atoms with Gasteiger partial charge in [0.15, 0.2) is 0 Å². The van der Waals surface area contributed by atoms with Crippen LogP contribution in [0.3, 0.4) is 0 Å². The number of halogens is 1. The first kappa shape index (κ1) is 14.9. The average Bonchev–Trinajstić information content (AvgIpc) is 2.89. The third kappa shape index (κ3) is 3.09. The Morgan fingerprint density at radius 2 is 1.90 bits per heavy atom. The van der Waals surface area contributed by atoms with Crippen LogP contribution in [0.1, 0.15) is 21.2 Å². The Morgan fingerprint density at radius 3 is 2.48 bits per heavy atom. The molecule has 3 rings (SSSR count). The highest BCUT2D eigenvalue weighted by molar-refractivity contribution is 14.1. The van der Waals surface area contributed by atoms with Crippen LogP contribution in [0.2, 0.25) is 0 Å². The first-order chi connectivity index (χ1) is 10.0. The molecule has 1 N–H and O–H groups in total. The molecule has 1 amide bonds. The summed E-state index contributed by atoms with van der Waals surface area (Å²) in [7, 11) is 2.13. The Kier molecular flexibility index (Phi) is 4.22. The maximum Gasteiger partial charge on any atom is 0.293 e. The van der Waals surface area contributed by atoms with Crippen molar-refractivity contribution in [1.82, 2.24) is 29.9 Å². The van der Waals surface area contributed by atoms with E-state index in [1.165, 1.54) is 0 Å². The van der Waals surface area contributed by atoms with E-state index in [-0.39, 0.29) is 21.3 Å². The van der Waals surface area contributed by atoms with Gasteiger partial charge < -0.3 is 9.80 Å². The lowest BCUT2D eigenvalue weighted by Crippen LogP contribution is -2.64. The number of likely N-dealkylation sites (N-methyl/N-ethyl adjacent to an activating group) is 1. The molecule has 3 heterocycles. The van der Waals surface area contributed by atoms with Crippen LogP contribution in [0.4, 0.5) is 0 Å². The van der Waals surface area contributed by atoms with Crippen molar-refractivity contribution < 1.29 is 9.59 Å². The number of aromatic amines is 1. The number of piperazine rings is 1. The largest absolute Gasteiger partial charge is 0.333 e. The molecule has 21 heavy (non-hydrogen) atoms. The van der Waals surface area contributed by atoms with Gasteiger partial charge in [0.25, 0.3) is 9.70 Å². The lowest BCUT2D eigenvalue weighted by molar-refractivity contribution is 0.0103. The van der Waals surface area contributed by atoms with Crippen LogP contribution in [-0.2, 0) is 0 Å². The van der Waals surface area contributed by atoms with Crippen molar-refractivity contribution in [3.63, 3.8) is 0 Å². The fraction of sp³-hybridized carbons (Fsp3) is 0.667. The molecule has 2 fully saturated rings. The number of nitrogens with zero attached hydrogens (tertiary/aromatic N) is 5. The lowest BCUT2D eigenvalue weighted by atomic mass is 10.1. The van der Waals surface area contributed by atoms with Crippen molar-refractivity contribution in [2.24, 2.45) is 0 Å². The summed E-state index contributed by atoms with van der Waals surface area (Å²) < 4.78 is -0.252. The number of carbonyl (C=O) groups excluding carboxylic acids is 2. The molecule has 0 unspecified atom stereocenters. The summed E-state index contributed by atoms with van der Waals surface area (Å²) >= 11 is 1.61. The van der Waals surface area contributed by atoms with E-state index in [1.54, 1.807) is 27.5 Å². The van der Waals surface area contributed by atoms with Gasteiger partial charge in [-0.1, -0.05) is 0 Å². The molecule has 0 aliphatic carbocycles. The topological polar surface area (TPSA) is 85.4 Å². The van der Waals surface area contributed by atoms with E-state index in [1.807, 2.05) is 0 Å². The quantitative estimate of drug-likeness (QED) is 0.538. The van der Waals surface area contributed by atoms with Gasteiger partial charge in [-0.15, -0.1) is 5.10 Å². The third-order valence-corrected chi connectivity index (χ3v) is 4.58. The van der Waals surface area contributed by atoms with Crippen LogP contribution in [0.15, 0.2) is 0 Å². The predicted molar refractivity (Wildman–Crippen MR) is 83.5 cm³/mol. The number of hydrogen-bond acceptors (Lipinski definition) is 6. The fourth-order valence-corrected chi connectivity index (χ4v) is 2.87. The van der Waals surface area contributed by atoms with Crippen LogP contribution in [-0.4, -0.2) is 91.9 Å². The molecule has 2 aliphatic heterocycles. The Labute approximate surface area is 136 Å². The van der Waals surface area contributed by atoms with Gasteiger partial charge in [-0.3, -0.25) is 19.6 Å². The van der Waals surface area contributed by atoms with Crippen LogP contribution in [0.25, 0.3) is 0 Å². The molecule has 0 bridgehead atoms. The van der Waals surface area contributed by atoms with Crippen molar-refractivity contribution >= 4 is 32.3 Å². The van der Waals surface area contributed by atoms with Crippen molar-refractivity contribution in [3.8, 4) is 0 Å². The molecular weight excluding hydrogens is 387 g/mol. The minimum atomic E-state index is -0.252. The fourth-order valence-electron chi connectivity index (χ4n) is 2.63. The van der Waals surface area contributed by atoms with Crippen LogP contribution >= 0.6 is 22.6 Å². The molecule has 1 aromatic heterocycles. The van der Waals surface area contributed by atoms with E-state index >= 15 is 0 Å². The Bertz CT molecular complexity index is 548. The van der Waals surface area contributed by atoms with Crippen molar-refractivity contribution in [2.45, 2.75) is 6.04 Å². The summed E-state index contributed by atoms with van der Waals surface area (Å²) in [6.07, 6.45) is 0. The number of nitrogens with one attached hydrogen (secondary N) is 1. The second kappa shape index (κ2) is 5.97. The number of hydrogen-bond donors (Lipinski definition) is 1. The van der Waals surface area contributed by atoms with Crippen LogP contribution in [0.5, 0.6) is 0 Å². The van der Waals surface area contributed by atoms with Gasteiger partial charge in [0.05, 0.1) is 0 Å². The number of H-pyrrole nitrogens is 1. The van der Waals surface area contributed by atoms with E-state index in [9.17, 15) is 9.59 Å². The van der Waals surface area contributed by atoms with E-state index in [2.05, 4.69) is 32.0 Å². The standard InChI is InChI=1S/C12H17IN6O2/c1-17-2-4-18(5-3-17)8-6-19(7-8)12(21)11-14-10(9(13)20)15-16-11/h8H,2-7H2,1H3,(H,14,15,16). The summed E-state index contributed by atoms with van der Waals surface area (Å²) in [6, 6.07) is 0.437. The molecule has 1 aromatic rings. The Balaban J connectivity index is 1.53. The highest BCUT2D eigenvalue weighted by atomic mass is 127. The normalized spacial score (nSPS) is 21.3. The molecule has 0 saturated carbocycles. The molecule has 8 nitrogen and oxygen atoms in total. The average molecular weight is 404 g/mol. The van der Waals surface area contributed by atoms with E-state index < -0.39 is 0 Å². The summed E-state index contributed by atoms with van der Waals surface area (Å²) in [5.41, 5.74) is 0. The molecule has 0 atom stereocenters. The van der Waals surface area contributed by atoms with Gasteiger partial charge in [0, 0.05) is 67.9 Å². The molecule has 9 heteroatoms. The first-order valence-corrected chi connectivity index (χ1v) is 7.96. The number of rotatable bonds is 3. The number of amides is 1. The molecule has 0 aromatic carbocycles. The zero-order valence-electron chi connectivity index (χ0n) is 11.8. The van der Waals surface area contributed by atoms with Crippen molar-refractivity contribution in [1.29, 1.82) is 0 Å². The zero-order valence-corrected chi connectivity index (χ0v) is 13.9. The van der Waals surface area contributed by atoms with Crippen molar-refractivity contribution in [2.75, 3.05) is 46.3 Å². The SMILES string of the molecule is CN1CCN(C2CN(C(=O)c3n[nH]c(C(=O)I)n3)C2)CC1. The van der Waals surface area contributed by atoms with Gasteiger partial charge in [0.1, 0.15) is 0 Å². The van der Waals surface area contributed by atoms with Gasteiger partial charge in [-0.25, -0.2) is 0 Å². The highest BCUT2D eigenvalue weighted by Gasteiger charge is 2.37. The molecular formula is C12H17IN6O2. The minimum absolute atomic E-state index is 0.0758. The lowest BCUT2D eigenvalue weighted by Gasteiger charge is -2.47. The van der Waals surface area contributed by atoms with E-state index in [4.69, 9.17) is 0 Å². The Morgan fingerprint density at radius 1 is 1.24 bits per heavy atom. The summed E-state index contributed by atoms with van der Waals surface area (Å²) in [5.74, 6) is -0.0116. The van der Waals surface area contributed by atoms with Gasteiger partial charge in [-0.2, -0.15) is 4.98 Å². The van der Waals surface area contributed by atoms with E-state index in [0.29, 0.717) is 19.1 Å². The predicted octanol–water partition coefficient (Wildman–Crippen LogP) is -0.548. The number of likely N-dealkylation sites (tertiary alicyclic amines) is 1. The van der Waals surface area contributed by atoms with Gasteiger partial charge >= 0.3 is 0 Å². The summed E-state index contributed by atoms with van der Waals surface area (Å²) in [5, 5.41) is 6.30.